The summed E-state index contributed by atoms with van der Waals surface area (Å²) in [7, 11) is 0. The number of aromatic hydroxyl groups is 1. The first-order valence-corrected chi connectivity index (χ1v) is 9.34. The van der Waals surface area contributed by atoms with E-state index in [2.05, 4.69) is 40.3 Å². The van der Waals surface area contributed by atoms with Crippen molar-refractivity contribution in [1.29, 1.82) is 0 Å². The van der Waals surface area contributed by atoms with Crippen molar-refractivity contribution in [3.63, 3.8) is 0 Å². The van der Waals surface area contributed by atoms with Crippen molar-refractivity contribution in [2.75, 3.05) is 0 Å². The molecule has 0 saturated heterocycles. The van der Waals surface area contributed by atoms with E-state index in [9.17, 15) is 9.50 Å². The topological polar surface area (TPSA) is 132 Å². The number of fused-ring (bicyclic) bond motifs is 2. The molecule has 0 fully saturated rings. The van der Waals surface area contributed by atoms with Gasteiger partial charge in [-0.3, -0.25) is 20.2 Å². The molecule has 4 N–H and O–H groups in total. The molecule has 6 rings (SSSR count). The predicted octanol–water partition coefficient (Wildman–Crippen LogP) is 3.80. The molecule has 0 unspecified atom stereocenters. The second-order valence-corrected chi connectivity index (χ2v) is 7.01. The van der Waals surface area contributed by atoms with E-state index in [1.165, 1.54) is 12.1 Å². The minimum atomic E-state index is -0.554. The fourth-order valence-corrected chi connectivity index (χ4v) is 3.62. The van der Waals surface area contributed by atoms with Gasteiger partial charge in [-0.25, -0.2) is 9.37 Å². The molecular formula is C21H13FN8O. The molecule has 0 aliphatic rings. The summed E-state index contributed by atoms with van der Waals surface area (Å²) in [4.78, 5) is 16.7. The summed E-state index contributed by atoms with van der Waals surface area (Å²) in [6.45, 7) is 0. The number of phenols is 1. The molecule has 10 heteroatoms. The second-order valence-electron chi connectivity index (χ2n) is 7.01. The first-order chi connectivity index (χ1) is 15.2. The molecule has 0 radical (unpaired) electrons. The molecule has 0 aliphatic heterocycles. The highest BCUT2D eigenvalue weighted by molar-refractivity contribution is 5.96. The lowest BCUT2D eigenvalue weighted by Gasteiger charge is -2.03. The Morgan fingerprint density at radius 3 is 2.71 bits per heavy atom. The van der Waals surface area contributed by atoms with Crippen LogP contribution in [-0.4, -0.2) is 45.4 Å². The zero-order valence-electron chi connectivity index (χ0n) is 15.8. The van der Waals surface area contributed by atoms with E-state index in [0.717, 1.165) is 28.2 Å². The number of hydrogen-bond donors (Lipinski definition) is 4. The molecule has 0 bridgehead atoms. The summed E-state index contributed by atoms with van der Waals surface area (Å²) in [5.74, 6) is -0.204. The van der Waals surface area contributed by atoms with Crippen LogP contribution in [0.1, 0.15) is 0 Å². The second kappa shape index (κ2) is 6.46. The highest BCUT2D eigenvalue weighted by Crippen LogP contribution is 2.32. The highest BCUT2D eigenvalue weighted by Gasteiger charge is 2.17. The fourth-order valence-electron chi connectivity index (χ4n) is 3.62. The lowest BCUT2D eigenvalue weighted by atomic mass is 10.1. The van der Waals surface area contributed by atoms with Gasteiger partial charge in [0.1, 0.15) is 22.8 Å². The summed E-state index contributed by atoms with van der Waals surface area (Å²) in [6.07, 6.45) is 6.77. The van der Waals surface area contributed by atoms with Gasteiger partial charge in [-0.15, -0.1) is 0 Å². The maximum Gasteiger partial charge on any atom is 0.159 e. The van der Waals surface area contributed by atoms with Gasteiger partial charge in [-0.1, -0.05) is 0 Å². The number of aromatic amines is 3. The van der Waals surface area contributed by atoms with Crippen LogP contribution in [0.3, 0.4) is 0 Å². The standard InChI is InChI=1S/C21H13FN8O/c22-12-3-10(4-13(31)5-12)18-20-15(1-2-23-18)27-21(28-20)19-14-6-16(11-7-25-26-8-11)24-9-17(14)29-30-19/h1-9,31H,(H,25,26)(H,27,28)(H,29,30). The molecule has 0 aliphatic carbocycles. The van der Waals surface area contributed by atoms with Gasteiger partial charge in [0, 0.05) is 35.0 Å². The number of rotatable bonds is 3. The molecule has 1 aromatic carbocycles. The molecule has 9 nitrogen and oxygen atoms in total. The molecule has 0 amide bonds. The van der Waals surface area contributed by atoms with Gasteiger partial charge in [0.2, 0.25) is 0 Å². The third-order valence-corrected chi connectivity index (χ3v) is 5.02. The SMILES string of the molecule is Oc1cc(F)cc(-c2nccc3[nH]c(-c4n[nH]c5cnc(-c6cn[nH]c6)cc45)nc23)c1. The Morgan fingerprint density at radius 1 is 0.935 bits per heavy atom. The number of benzene rings is 1. The number of halogens is 1. The maximum absolute atomic E-state index is 13.8. The van der Waals surface area contributed by atoms with Crippen molar-refractivity contribution in [3.05, 3.63) is 60.9 Å². The Balaban J connectivity index is 1.53. The van der Waals surface area contributed by atoms with E-state index < -0.39 is 5.82 Å². The Bertz CT molecular complexity index is 1550. The van der Waals surface area contributed by atoms with Crippen LogP contribution in [0.25, 0.3) is 56.0 Å². The quantitative estimate of drug-likeness (QED) is 0.350. The van der Waals surface area contributed by atoms with E-state index in [-0.39, 0.29) is 5.75 Å². The van der Waals surface area contributed by atoms with Crippen LogP contribution in [0.5, 0.6) is 5.75 Å². The molecular weight excluding hydrogens is 399 g/mol. The van der Waals surface area contributed by atoms with Crippen molar-refractivity contribution in [3.8, 4) is 39.8 Å². The summed E-state index contributed by atoms with van der Waals surface area (Å²) in [5.41, 5.74) is 5.12. The van der Waals surface area contributed by atoms with Gasteiger partial charge >= 0.3 is 0 Å². The first kappa shape index (κ1) is 17.3. The van der Waals surface area contributed by atoms with Gasteiger partial charge < -0.3 is 10.1 Å². The molecule has 0 atom stereocenters. The number of nitrogens with one attached hydrogen (secondary N) is 3. The third kappa shape index (κ3) is 2.81. The van der Waals surface area contributed by atoms with E-state index in [0.29, 0.717) is 33.8 Å². The van der Waals surface area contributed by atoms with Crippen molar-refractivity contribution >= 4 is 21.9 Å². The average molecular weight is 412 g/mol. The van der Waals surface area contributed by atoms with E-state index >= 15 is 0 Å². The van der Waals surface area contributed by atoms with Crippen LogP contribution in [0.15, 0.2) is 55.1 Å². The minimum absolute atomic E-state index is 0.179. The van der Waals surface area contributed by atoms with Gasteiger partial charge in [-0.2, -0.15) is 10.2 Å². The molecule has 150 valence electrons. The minimum Gasteiger partial charge on any atom is -0.508 e. The van der Waals surface area contributed by atoms with Crippen molar-refractivity contribution in [2.45, 2.75) is 0 Å². The van der Waals surface area contributed by atoms with Gasteiger partial charge in [0.15, 0.2) is 5.82 Å². The molecule has 5 aromatic heterocycles. The van der Waals surface area contributed by atoms with Crippen LogP contribution in [0, 0.1) is 5.82 Å². The Labute approximate surface area is 173 Å². The number of nitrogens with zero attached hydrogens (tertiary/aromatic N) is 5. The van der Waals surface area contributed by atoms with E-state index in [1.807, 2.05) is 6.07 Å². The smallest absolute Gasteiger partial charge is 0.159 e. The number of H-pyrrole nitrogens is 3. The van der Waals surface area contributed by atoms with Gasteiger partial charge in [0.05, 0.1) is 34.8 Å². The van der Waals surface area contributed by atoms with Crippen molar-refractivity contribution in [2.24, 2.45) is 0 Å². The van der Waals surface area contributed by atoms with Crippen molar-refractivity contribution < 1.29 is 9.50 Å². The Kier molecular flexibility index (Phi) is 3.60. The molecule has 5 heterocycles. The fraction of sp³-hybridized carbons (Fsp3) is 0. The summed E-state index contributed by atoms with van der Waals surface area (Å²) >= 11 is 0. The zero-order chi connectivity index (χ0) is 20.9. The lowest BCUT2D eigenvalue weighted by Crippen LogP contribution is -1.87. The summed E-state index contributed by atoms with van der Waals surface area (Å²) < 4.78 is 13.8. The highest BCUT2D eigenvalue weighted by atomic mass is 19.1. The number of imidazole rings is 1. The normalized spacial score (nSPS) is 11.5. The van der Waals surface area contributed by atoms with Crippen LogP contribution < -0.4 is 0 Å². The Hall–Kier alpha value is -4.60. The third-order valence-electron chi connectivity index (χ3n) is 5.02. The first-order valence-electron chi connectivity index (χ1n) is 9.34. The molecule has 0 spiro atoms. The largest absolute Gasteiger partial charge is 0.508 e. The number of pyridine rings is 2. The maximum atomic E-state index is 13.8. The lowest BCUT2D eigenvalue weighted by molar-refractivity contribution is 0.469. The number of aromatic nitrogens is 8. The van der Waals surface area contributed by atoms with Crippen molar-refractivity contribution in [1.82, 2.24) is 40.3 Å². The average Bonchev–Trinajstić information content (AvgIpc) is 3.50. The van der Waals surface area contributed by atoms with Crippen LogP contribution in [0.2, 0.25) is 0 Å². The Morgan fingerprint density at radius 2 is 1.87 bits per heavy atom. The number of phenolic OH excluding ortho intramolecular Hbond substituents is 1. The molecule has 6 aromatic rings. The van der Waals surface area contributed by atoms with E-state index in [1.54, 1.807) is 30.9 Å². The van der Waals surface area contributed by atoms with Crippen LogP contribution in [-0.2, 0) is 0 Å². The van der Waals surface area contributed by atoms with Gasteiger partial charge in [-0.05, 0) is 24.3 Å². The predicted molar refractivity (Wildman–Crippen MR) is 111 cm³/mol. The molecule has 31 heavy (non-hydrogen) atoms. The summed E-state index contributed by atoms with van der Waals surface area (Å²) in [5, 5.41) is 24.7. The van der Waals surface area contributed by atoms with Crippen LogP contribution in [0.4, 0.5) is 4.39 Å². The monoisotopic (exact) mass is 412 g/mol. The van der Waals surface area contributed by atoms with Gasteiger partial charge in [0.25, 0.3) is 0 Å². The summed E-state index contributed by atoms with van der Waals surface area (Å²) in [6, 6.07) is 7.49. The molecule has 0 saturated carbocycles. The number of hydrogen-bond acceptors (Lipinski definition) is 6. The van der Waals surface area contributed by atoms with E-state index in [4.69, 9.17) is 0 Å². The van der Waals surface area contributed by atoms with Crippen LogP contribution >= 0.6 is 0 Å². The zero-order valence-corrected chi connectivity index (χ0v) is 15.8.